The molecular formula is C39H54O10. The molecule has 2 aromatic rings. The summed E-state index contributed by atoms with van der Waals surface area (Å²) in [7, 11) is 0. The number of hydrogen-bond donors (Lipinski definition) is 6. The number of hydrogen-bond acceptors (Lipinski definition) is 10. The van der Waals surface area contributed by atoms with E-state index in [9.17, 15) is 49.8 Å². The number of phenols is 6. The molecule has 0 atom stereocenters. The summed E-state index contributed by atoms with van der Waals surface area (Å²) >= 11 is 0. The van der Waals surface area contributed by atoms with Crippen LogP contribution in [0.2, 0.25) is 0 Å². The van der Waals surface area contributed by atoms with Crippen LogP contribution in [0.3, 0.4) is 0 Å². The van der Waals surface area contributed by atoms with Crippen molar-refractivity contribution in [1.29, 1.82) is 0 Å². The number of aromatic hydroxyl groups is 6. The highest BCUT2D eigenvalue weighted by molar-refractivity contribution is 6.11. The van der Waals surface area contributed by atoms with Gasteiger partial charge in [0.25, 0.3) is 0 Å². The molecule has 10 heteroatoms. The Kier molecular flexibility index (Phi) is 12.9. The first-order valence-corrected chi connectivity index (χ1v) is 17.6. The first kappa shape index (κ1) is 39.4. The molecule has 1 fully saturated rings. The fraction of sp³-hybridized carbons (Fsp3) is 0.590. The van der Waals surface area contributed by atoms with E-state index in [1.807, 2.05) is 0 Å². The van der Waals surface area contributed by atoms with Crippen LogP contribution in [0.1, 0.15) is 172 Å². The molecule has 1 aliphatic carbocycles. The van der Waals surface area contributed by atoms with E-state index in [0.29, 0.717) is 25.7 Å². The van der Waals surface area contributed by atoms with Gasteiger partial charge in [-0.1, -0.05) is 74.7 Å². The molecular weight excluding hydrogens is 628 g/mol. The fourth-order valence-corrected chi connectivity index (χ4v) is 7.08. The Balaban J connectivity index is 2.62. The van der Waals surface area contributed by atoms with Crippen LogP contribution in [0.5, 0.6) is 34.5 Å². The second-order valence-corrected chi connectivity index (χ2v) is 15.4. The lowest BCUT2D eigenvalue weighted by molar-refractivity contribution is 0.0941. The lowest BCUT2D eigenvalue weighted by Gasteiger charge is -2.34. The molecule has 1 saturated carbocycles. The van der Waals surface area contributed by atoms with Gasteiger partial charge in [-0.05, 0) is 42.4 Å². The van der Waals surface area contributed by atoms with Gasteiger partial charge in [-0.15, -0.1) is 0 Å². The van der Waals surface area contributed by atoms with Crippen molar-refractivity contribution >= 4 is 23.1 Å². The summed E-state index contributed by atoms with van der Waals surface area (Å²) in [5.41, 5.74) is -3.05. The Hall–Kier alpha value is -4.08. The van der Waals surface area contributed by atoms with Crippen molar-refractivity contribution in [3.63, 3.8) is 0 Å². The second-order valence-electron chi connectivity index (χ2n) is 15.4. The van der Waals surface area contributed by atoms with Crippen LogP contribution in [-0.2, 0) is 0 Å². The lowest BCUT2D eigenvalue weighted by Crippen LogP contribution is -2.22. The second kappa shape index (κ2) is 16.1. The van der Waals surface area contributed by atoms with Crippen molar-refractivity contribution in [3.8, 4) is 34.5 Å². The van der Waals surface area contributed by atoms with Gasteiger partial charge in [0.1, 0.15) is 56.8 Å². The molecule has 49 heavy (non-hydrogen) atoms. The number of Topliss-reactive ketones (excluding diaryl/α,β-unsaturated/α-hetero) is 4. The summed E-state index contributed by atoms with van der Waals surface area (Å²) in [5.74, 6) is -10.5. The van der Waals surface area contributed by atoms with E-state index in [2.05, 4.69) is 0 Å². The molecule has 0 bridgehead atoms. The zero-order valence-corrected chi connectivity index (χ0v) is 30.1. The van der Waals surface area contributed by atoms with Crippen molar-refractivity contribution in [2.75, 3.05) is 0 Å². The number of carbonyl (C=O) groups is 4. The molecule has 0 saturated heterocycles. The molecule has 0 heterocycles. The van der Waals surface area contributed by atoms with Gasteiger partial charge in [-0.2, -0.15) is 0 Å². The SMILES string of the molecule is CC(C)CC(=O)c1c(O)c(C(=O)CC(C)C)c(O)c(C(c2c(O)c(C(=O)CC(C)C)c(O)c(C(=O)CC(C)C)c2O)C2CCCCC2)c1O. The van der Waals surface area contributed by atoms with Crippen molar-refractivity contribution in [2.45, 2.75) is 119 Å². The summed E-state index contributed by atoms with van der Waals surface area (Å²) in [5, 5.41) is 70.4. The van der Waals surface area contributed by atoms with Crippen LogP contribution in [-0.4, -0.2) is 53.8 Å². The quantitative estimate of drug-likeness (QED) is 0.0993. The summed E-state index contributed by atoms with van der Waals surface area (Å²) in [6.45, 7) is 14.1. The van der Waals surface area contributed by atoms with Crippen molar-refractivity contribution in [2.24, 2.45) is 29.6 Å². The Morgan fingerprint density at radius 3 is 0.918 bits per heavy atom. The summed E-state index contributed by atoms with van der Waals surface area (Å²) in [6, 6.07) is 0. The van der Waals surface area contributed by atoms with Gasteiger partial charge >= 0.3 is 0 Å². The van der Waals surface area contributed by atoms with E-state index >= 15 is 0 Å². The van der Waals surface area contributed by atoms with E-state index in [0.717, 1.165) is 6.42 Å². The van der Waals surface area contributed by atoms with Gasteiger partial charge in [0.05, 0.1) is 0 Å². The summed E-state index contributed by atoms with van der Waals surface area (Å²) in [4.78, 5) is 54.5. The minimum Gasteiger partial charge on any atom is -0.507 e. The highest BCUT2D eigenvalue weighted by atomic mass is 16.3. The molecule has 10 nitrogen and oxygen atoms in total. The average molecular weight is 683 g/mol. The molecule has 270 valence electrons. The van der Waals surface area contributed by atoms with Gasteiger partial charge in [-0.25, -0.2) is 0 Å². The molecule has 3 rings (SSSR count). The first-order valence-electron chi connectivity index (χ1n) is 17.6. The van der Waals surface area contributed by atoms with Crippen LogP contribution < -0.4 is 0 Å². The molecule has 0 aromatic heterocycles. The van der Waals surface area contributed by atoms with Gasteiger partial charge in [-0.3, -0.25) is 19.2 Å². The molecule has 0 amide bonds. The predicted molar refractivity (Wildman–Crippen MR) is 186 cm³/mol. The number of phenolic OH excluding ortho intramolecular Hbond substituents is 6. The van der Waals surface area contributed by atoms with Crippen molar-refractivity contribution in [1.82, 2.24) is 0 Å². The molecule has 6 N–H and O–H groups in total. The zero-order chi connectivity index (χ0) is 37.1. The van der Waals surface area contributed by atoms with E-state index in [1.54, 1.807) is 55.4 Å². The van der Waals surface area contributed by atoms with E-state index in [4.69, 9.17) is 0 Å². The third-order valence-electron chi connectivity index (χ3n) is 9.15. The Morgan fingerprint density at radius 1 is 0.449 bits per heavy atom. The van der Waals surface area contributed by atoms with E-state index in [1.165, 1.54) is 0 Å². The van der Waals surface area contributed by atoms with Gasteiger partial charge < -0.3 is 30.6 Å². The maximum absolute atomic E-state index is 13.6. The van der Waals surface area contributed by atoms with Crippen LogP contribution in [0.4, 0.5) is 0 Å². The van der Waals surface area contributed by atoms with Gasteiger partial charge in [0.15, 0.2) is 23.1 Å². The smallest absolute Gasteiger partial charge is 0.170 e. The minimum atomic E-state index is -1.37. The third-order valence-corrected chi connectivity index (χ3v) is 9.15. The monoisotopic (exact) mass is 682 g/mol. The number of ketones is 4. The fourth-order valence-electron chi connectivity index (χ4n) is 7.08. The highest BCUT2D eigenvalue weighted by Gasteiger charge is 2.42. The Labute approximate surface area is 289 Å². The molecule has 1 aliphatic rings. The standard InChI is InChI=1S/C39H54O10/c1-18(2)14-23(40)28-34(44)29(24(41)15-19(3)4)37(47)32(36(28)46)27(22-12-10-9-11-13-22)33-38(48)30(25(42)16-20(5)6)35(45)31(39(33)49)26(43)17-21(7)8/h18-22,27,44-49H,9-17H2,1-8H3. The van der Waals surface area contributed by atoms with Crippen molar-refractivity contribution < 1.29 is 49.8 Å². The molecule has 0 aliphatic heterocycles. The predicted octanol–water partition coefficient (Wildman–Crippen LogP) is 8.55. The molecule has 2 aromatic carbocycles. The number of rotatable bonds is 15. The first-order chi connectivity index (χ1) is 22.8. The largest absolute Gasteiger partial charge is 0.507 e. The van der Waals surface area contributed by atoms with E-state index in [-0.39, 0.29) is 60.5 Å². The number of benzene rings is 2. The molecule has 0 radical (unpaired) electrons. The van der Waals surface area contributed by atoms with Crippen LogP contribution in [0.25, 0.3) is 0 Å². The lowest BCUT2D eigenvalue weighted by atomic mass is 9.70. The highest BCUT2D eigenvalue weighted by Crippen LogP contribution is 2.57. The van der Waals surface area contributed by atoms with E-state index < -0.39 is 91.7 Å². The molecule has 0 unspecified atom stereocenters. The maximum Gasteiger partial charge on any atom is 0.170 e. The van der Waals surface area contributed by atoms with Gasteiger partial charge in [0, 0.05) is 42.7 Å². The van der Waals surface area contributed by atoms with Crippen LogP contribution in [0.15, 0.2) is 0 Å². The summed E-state index contributed by atoms with van der Waals surface area (Å²) in [6.07, 6.45) is 2.69. The topological polar surface area (TPSA) is 190 Å². The Bertz CT molecular complexity index is 1380. The van der Waals surface area contributed by atoms with Crippen molar-refractivity contribution in [3.05, 3.63) is 33.4 Å². The molecule has 0 spiro atoms. The number of carbonyl (C=O) groups excluding carboxylic acids is 4. The van der Waals surface area contributed by atoms with Crippen LogP contribution in [0, 0.1) is 29.6 Å². The zero-order valence-electron chi connectivity index (χ0n) is 30.1. The third kappa shape index (κ3) is 8.39. The van der Waals surface area contributed by atoms with Gasteiger partial charge in [0.2, 0.25) is 0 Å². The maximum atomic E-state index is 13.6. The Morgan fingerprint density at radius 2 is 0.694 bits per heavy atom. The van der Waals surface area contributed by atoms with Crippen LogP contribution >= 0.6 is 0 Å². The minimum absolute atomic E-state index is 0.116. The summed E-state index contributed by atoms with van der Waals surface area (Å²) < 4.78 is 0. The average Bonchev–Trinajstić information content (AvgIpc) is 2.95. The normalized spacial score (nSPS) is 14.1.